The maximum atomic E-state index is 13.2. The molecule has 1 amide bonds. The van der Waals surface area contributed by atoms with Crippen LogP contribution < -0.4 is 11.1 Å². The average Bonchev–Trinajstić information content (AvgIpc) is 2.88. The second-order valence-electron chi connectivity index (χ2n) is 4.61. The number of nitrogen functional groups attached to an aromatic ring is 1. The van der Waals surface area contributed by atoms with E-state index in [2.05, 4.69) is 5.32 Å². The number of nitrogens with two attached hydrogens (primary N) is 1. The van der Waals surface area contributed by atoms with Crippen LogP contribution in [0.4, 0.5) is 10.1 Å². The molecule has 1 aliphatic heterocycles. The van der Waals surface area contributed by atoms with Crippen molar-refractivity contribution in [3.8, 4) is 0 Å². The summed E-state index contributed by atoms with van der Waals surface area (Å²) < 4.78 is 18.5. The quantitative estimate of drug-likeness (QED) is 0.708. The van der Waals surface area contributed by atoms with Crippen LogP contribution in [0.1, 0.15) is 23.2 Å². The number of nitrogens with one attached hydrogen (secondary N) is 1. The lowest BCUT2D eigenvalue weighted by molar-refractivity contribution is -0.149. The van der Waals surface area contributed by atoms with Gasteiger partial charge < -0.3 is 20.9 Å². The lowest BCUT2D eigenvalue weighted by atomic mass is 10.1. The van der Waals surface area contributed by atoms with Gasteiger partial charge in [0.15, 0.2) is 6.10 Å². The van der Waals surface area contributed by atoms with E-state index in [1.807, 2.05) is 0 Å². The zero-order chi connectivity index (χ0) is 14.7. The lowest BCUT2D eigenvalue weighted by Crippen LogP contribution is -2.33. The first-order valence-corrected chi connectivity index (χ1v) is 6.19. The molecular formula is C13H15FN2O4. The van der Waals surface area contributed by atoms with Gasteiger partial charge in [-0.25, -0.2) is 9.18 Å². The van der Waals surface area contributed by atoms with Crippen molar-refractivity contribution in [3.63, 3.8) is 0 Å². The highest BCUT2D eigenvalue weighted by molar-refractivity contribution is 5.94. The molecule has 108 valence electrons. The average molecular weight is 282 g/mol. The molecular weight excluding hydrogens is 267 g/mol. The molecule has 1 aromatic carbocycles. The molecule has 4 N–H and O–H groups in total. The number of benzene rings is 1. The van der Waals surface area contributed by atoms with E-state index in [0.717, 1.165) is 6.07 Å². The summed E-state index contributed by atoms with van der Waals surface area (Å²) in [5.74, 6) is -2.11. The summed E-state index contributed by atoms with van der Waals surface area (Å²) in [4.78, 5) is 22.5. The molecule has 20 heavy (non-hydrogen) atoms. The number of hydrogen-bond acceptors (Lipinski definition) is 4. The highest BCUT2D eigenvalue weighted by atomic mass is 19.1. The van der Waals surface area contributed by atoms with E-state index in [9.17, 15) is 14.0 Å². The summed E-state index contributed by atoms with van der Waals surface area (Å²) in [7, 11) is 0. The molecule has 0 aromatic heterocycles. The Balaban J connectivity index is 1.86. The number of anilines is 1. The largest absolute Gasteiger partial charge is 0.479 e. The molecule has 1 aromatic rings. The Morgan fingerprint density at radius 3 is 2.80 bits per heavy atom. The van der Waals surface area contributed by atoms with E-state index in [1.165, 1.54) is 12.1 Å². The zero-order valence-electron chi connectivity index (χ0n) is 10.6. The van der Waals surface area contributed by atoms with E-state index in [4.69, 9.17) is 15.6 Å². The van der Waals surface area contributed by atoms with Gasteiger partial charge in [-0.1, -0.05) is 0 Å². The molecule has 2 rings (SSSR count). The smallest absolute Gasteiger partial charge is 0.332 e. The zero-order valence-corrected chi connectivity index (χ0v) is 10.6. The third-order valence-corrected chi connectivity index (χ3v) is 3.14. The summed E-state index contributed by atoms with van der Waals surface area (Å²) in [6.07, 6.45) is -0.163. The monoisotopic (exact) mass is 282 g/mol. The number of ether oxygens (including phenoxy) is 1. The number of hydrogen-bond donors (Lipinski definition) is 3. The van der Waals surface area contributed by atoms with E-state index in [0.29, 0.717) is 12.8 Å². The molecule has 1 aliphatic rings. The van der Waals surface area contributed by atoms with Crippen molar-refractivity contribution < 1.29 is 23.8 Å². The van der Waals surface area contributed by atoms with Gasteiger partial charge in [-0.15, -0.1) is 0 Å². The number of rotatable bonds is 4. The number of aliphatic carboxylic acids is 1. The van der Waals surface area contributed by atoms with Gasteiger partial charge in [0, 0.05) is 12.1 Å². The first kappa shape index (κ1) is 14.3. The summed E-state index contributed by atoms with van der Waals surface area (Å²) in [6, 6.07) is 3.79. The van der Waals surface area contributed by atoms with Gasteiger partial charge in [-0.05, 0) is 31.0 Å². The Morgan fingerprint density at radius 2 is 2.20 bits per heavy atom. The standard InChI is InChI=1S/C13H15FN2O4/c14-9-5-7(1-3-10(9)15)12(17)16-6-8-2-4-11(20-8)13(18)19/h1,3,5,8,11H,2,4,6,15H2,(H,16,17)(H,18,19). The van der Waals surface area contributed by atoms with Gasteiger partial charge in [0.25, 0.3) is 5.91 Å². The molecule has 0 bridgehead atoms. The molecule has 2 atom stereocenters. The van der Waals surface area contributed by atoms with E-state index in [1.54, 1.807) is 0 Å². The van der Waals surface area contributed by atoms with Gasteiger partial charge >= 0.3 is 5.97 Å². The minimum atomic E-state index is -1.00. The summed E-state index contributed by atoms with van der Waals surface area (Å²) >= 11 is 0. The molecule has 1 fully saturated rings. The number of amides is 1. The van der Waals surface area contributed by atoms with Crippen LogP contribution in [-0.4, -0.2) is 35.7 Å². The van der Waals surface area contributed by atoms with Crippen LogP contribution in [-0.2, 0) is 9.53 Å². The fourth-order valence-corrected chi connectivity index (χ4v) is 2.01. The first-order chi connectivity index (χ1) is 9.47. The number of carboxylic acids is 1. The molecule has 1 saturated heterocycles. The fourth-order valence-electron chi connectivity index (χ4n) is 2.01. The van der Waals surface area contributed by atoms with Crippen LogP contribution in [0.25, 0.3) is 0 Å². The Hall–Kier alpha value is -2.15. The molecule has 0 saturated carbocycles. The van der Waals surface area contributed by atoms with Gasteiger partial charge in [-0.2, -0.15) is 0 Å². The Morgan fingerprint density at radius 1 is 1.45 bits per heavy atom. The predicted molar refractivity (Wildman–Crippen MR) is 68.7 cm³/mol. The van der Waals surface area contributed by atoms with Gasteiger partial charge in [0.05, 0.1) is 11.8 Å². The third kappa shape index (κ3) is 3.24. The molecule has 1 heterocycles. The third-order valence-electron chi connectivity index (χ3n) is 3.14. The first-order valence-electron chi connectivity index (χ1n) is 6.19. The maximum absolute atomic E-state index is 13.2. The molecule has 6 nitrogen and oxygen atoms in total. The number of carbonyl (C=O) groups is 2. The molecule has 0 aliphatic carbocycles. The molecule has 0 spiro atoms. The topological polar surface area (TPSA) is 102 Å². The highest BCUT2D eigenvalue weighted by Gasteiger charge is 2.30. The van der Waals surface area contributed by atoms with Crippen molar-refractivity contribution in [1.29, 1.82) is 0 Å². The van der Waals surface area contributed by atoms with Crippen LogP contribution >= 0.6 is 0 Å². The fraction of sp³-hybridized carbons (Fsp3) is 0.385. The Kier molecular flexibility index (Phi) is 4.19. The highest BCUT2D eigenvalue weighted by Crippen LogP contribution is 2.19. The summed E-state index contributed by atoms with van der Waals surface area (Å²) in [5, 5.41) is 11.4. The van der Waals surface area contributed by atoms with Crippen LogP contribution in [0.5, 0.6) is 0 Å². The molecule has 0 radical (unpaired) electrons. The minimum Gasteiger partial charge on any atom is -0.479 e. The Bertz CT molecular complexity index is 535. The predicted octanol–water partition coefficient (Wildman–Crippen LogP) is 0.770. The van der Waals surface area contributed by atoms with Crippen LogP contribution in [0.2, 0.25) is 0 Å². The SMILES string of the molecule is Nc1ccc(C(=O)NCC2CCC(C(=O)O)O2)cc1F. The van der Waals surface area contributed by atoms with Crippen molar-refractivity contribution in [2.75, 3.05) is 12.3 Å². The number of carbonyl (C=O) groups excluding carboxylic acids is 1. The number of halogens is 1. The van der Waals surface area contributed by atoms with Crippen LogP contribution in [0, 0.1) is 5.82 Å². The van der Waals surface area contributed by atoms with E-state index >= 15 is 0 Å². The molecule has 2 unspecified atom stereocenters. The normalized spacial score (nSPS) is 21.6. The second kappa shape index (κ2) is 5.87. The van der Waals surface area contributed by atoms with Crippen LogP contribution in [0.15, 0.2) is 18.2 Å². The van der Waals surface area contributed by atoms with Gasteiger partial charge in [-0.3, -0.25) is 4.79 Å². The lowest BCUT2D eigenvalue weighted by Gasteiger charge is -2.12. The van der Waals surface area contributed by atoms with Crippen LogP contribution in [0.3, 0.4) is 0 Å². The minimum absolute atomic E-state index is 0.0232. The summed E-state index contributed by atoms with van der Waals surface area (Å²) in [5.41, 5.74) is 5.46. The van der Waals surface area contributed by atoms with E-state index < -0.39 is 23.8 Å². The summed E-state index contributed by atoms with van der Waals surface area (Å²) in [6.45, 7) is 0.189. The van der Waals surface area contributed by atoms with E-state index in [-0.39, 0.29) is 23.9 Å². The molecule has 7 heteroatoms. The van der Waals surface area contributed by atoms with Gasteiger partial charge in [0.2, 0.25) is 0 Å². The second-order valence-corrected chi connectivity index (χ2v) is 4.61. The maximum Gasteiger partial charge on any atom is 0.332 e. The van der Waals surface area contributed by atoms with Crippen molar-refractivity contribution in [1.82, 2.24) is 5.32 Å². The van der Waals surface area contributed by atoms with Crippen molar-refractivity contribution in [2.45, 2.75) is 25.0 Å². The van der Waals surface area contributed by atoms with Crippen molar-refractivity contribution in [3.05, 3.63) is 29.6 Å². The Labute approximate surface area is 114 Å². The van der Waals surface area contributed by atoms with Gasteiger partial charge in [0.1, 0.15) is 5.82 Å². The van der Waals surface area contributed by atoms with Crippen molar-refractivity contribution >= 4 is 17.6 Å². The van der Waals surface area contributed by atoms with Crippen molar-refractivity contribution in [2.24, 2.45) is 0 Å². The number of carboxylic acid groups (broad SMARTS) is 1.